The summed E-state index contributed by atoms with van der Waals surface area (Å²) >= 11 is 0. The molecule has 0 bridgehead atoms. The third kappa shape index (κ3) is 4.36. The van der Waals surface area contributed by atoms with Gasteiger partial charge in [-0.3, -0.25) is 4.79 Å². The number of carbonyl (C=O) groups is 1. The van der Waals surface area contributed by atoms with Crippen molar-refractivity contribution < 1.29 is 9.53 Å². The van der Waals surface area contributed by atoms with Gasteiger partial charge in [-0.05, 0) is 67.2 Å². The molecule has 1 saturated carbocycles. The lowest BCUT2D eigenvalue weighted by atomic mass is 9.77. The van der Waals surface area contributed by atoms with Crippen LogP contribution in [0, 0.1) is 17.8 Å². The first-order chi connectivity index (χ1) is 12.1. The van der Waals surface area contributed by atoms with Gasteiger partial charge in [-0.25, -0.2) is 0 Å². The summed E-state index contributed by atoms with van der Waals surface area (Å²) in [6.07, 6.45) is 7.44. The van der Waals surface area contributed by atoms with Crippen LogP contribution in [-0.2, 0) is 11.2 Å². The molecule has 0 unspecified atom stereocenters. The first kappa shape index (κ1) is 17.8. The summed E-state index contributed by atoms with van der Waals surface area (Å²) in [5.41, 5.74) is 2.06. The highest BCUT2D eigenvalue weighted by Gasteiger charge is 2.23. The zero-order valence-corrected chi connectivity index (χ0v) is 15.6. The van der Waals surface area contributed by atoms with E-state index in [2.05, 4.69) is 24.1 Å². The highest BCUT2D eigenvalue weighted by atomic mass is 16.5. The van der Waals surface area contributed by atoms with Gasteiger partial charge < -0.3 is 15.0 Å². The number of hydrogen-bond acceptors (Lipinski definition) is 2. The van der Waals surface area contributed by atoms with Crippen LogP contribution in [0.15, 0.2) is 24.4 Å². The van der Waals surface area contributed by atoms with Crippen LogP contribution in [0.4, 0.5) is 0 Å². The van der Waals surface area contributed by atoms with E-state index in [4.69, 9.17) is 4.74 Å². The van der Waals surface area contributed by atoms with E-state index in [1.165, 1.54) is 25.7 Å². The summed E-state index contributed by atoms with van der Waals surface area (Å²) in [5.74, 6) is 3.22. The van der Waals surface area contributed by atoms with Gasteiger partial charge in [-0.15, -0.1) is 0 Å². The number of fused-ring (bicyclic) bond motifs is 1. The van der Waals surface area contributed by atoms with Gasteiger partial charge in [-0.2, -0.15) is 0 Å². The predicted octanol–water partition coefficient (Wildman–Crippen LogP) is 4.30. The van der Waals surface area contributed by atoms with Crippen molar-refractivity contribution in [2.24, 2.45) is 17.8 Å². The van der Waals surface area contributed by atoms with Gasteiger partial charge in [0, 0.05) is 23.6 Å². The number of methoxy groups -OCH3 is 1. The number of benzene rings is 1. The molecular weight excluding hydrogens is 312 g/mol. The van der Waals surface area contributed by atoms with Crippen molar-refractivity contribution in [1.29, 1.82) is 0 Å². The Labute approximate surface area is 150 Å². The first-order valence-corrected chi connectivity index (χ1v) is 9.47. The quantitative estimate of drug-likeness (QED) is 0.822. The Hall–Kier alpha value is -1.97. The number of ether oxygens (including phenoxy) is 1. The van der Waals surface area contributed by atoms with Crippen molar-refractivity contribution >= 4 is 16.8 Å². The molecular formula is C21H30N2O2. The number of aromatic amines is 1. The summed E-state index contributed by atoms with van der Waals surface area (Å²) in [6, 6.07) is 5.90. The van der Waals surface area contributed by atoms with Crippen LogP contribution in [0.25, 0.3) is 10.9 Å². The van der Waals surface area contributed by atoms with Crippen molar-refractivity contribution in [2.75, 3.05) is 13.7 Å². The summed E-state index contributed by atoms with van der Waals surface area (Å²) in [4.78, 5) is 15.6. The van der Waals surface area contributed by atoms with Crippen LogP contribution < -0.4 is 10.1 Å². The number of nitrogens with one attached hydrogen (secondary N) is 2. The summed E-state index contributed by atoms with van der Waals surface area (Å²) in [7, 11) is 1.66. The largest absolute Gasteiger partial charge is 0.497 e. The van der Waals surface area contributed by atoms with E-state index in [0.717, 1.165) is 40.6 Å². The van der Waals surface area contributed by atoms with E-state index in [1.807, 2.05) is 24.4 Å². The Morgan fingerprint density at radius 3 is 2.72 bits per heavy atom. The van der Waals surface area contributed by atoms with Gasteiger partial charge in [0.25, 0.3) is 0 Å². The van der Waals surface area contributed by atoms with Gasteiger partial charge in [0.2, 0.25) is 5.91 Å². The molecule has 0 aliphatic heterocycles. The van der Waals surface area contributed by atoms with Gasteiger partial charge in [0.15, 0.2) is 0 Å². The Kier molecular flexibility index (Phi) is 5.67. The molecule has 1 fully saturated rings. The lowest BCUT2D eigenvalue weighted by Gasteiger charge is -2.30. The molecule has 0 radical (unpaired) electrons. The first-order valence-electron chi connectivity index (χ1n) is 9.47. The predicted molar refractivity (Wildman–Crippen MR) is 102 cm³/mol. The van der Waals surface area contributed by atoms with Crippen molar-refractivity contribution in [3.8, 4) is 5.75 Å². The van der Waals surface area contributed by atoms with Gasteiger partial charge >= 0.3 is 0 Å². The molecule has 1 heterocycles. The fourth-order valence-corrected chi connectivity index (χ4v) is 3.98. The summed E-state index contributed by atoms with van der Waals surface area (Å²) in [6.45, 7) is 5.46. The number of carbonyl (C=O) groups excluding carboxylic acids is 1. The molecule has 4 heteroatoms. The third-order valence-electron chi connectivity index (χ3n) is 5.75. The molecule has 25 heavy (non-hydrogen) atoms. The van der Waals surface area contributed by atoms with E-state index in [0.29, 0.717) is 12.3 Å². The molecule has 4 nitrogen and oxygen atoms in total. The molecule has 0 spiro atoms. The minimum atomic E-state index is 0.106. The van der Waals surface area contributed by atoms with Crippen LogP contribution >= 0.6 is 0 Å². The summed E-state index contributed by atoms with van der Waals surface area (Å²) in [5, 5.41) is 4.21. The van der Waals surface area contributed by atoms with Crippen LogP contribution in [0.3, 0.4) is 0 Å². The fourth-order valence-electron chi connectivity index (χ4n) is 3.98. The van der Waals surface area contributed by atoms with Crippen LogP contribution in [-0.4, -0.2) is 24.5 Å². The SMILES string of the molecule is COc1ccc2[nH]cc(CC(=O)NCC3CCC(C(C)C)CC3)c2c1. The van der Waals surface area contributed by atoms with Crippen LogP contribution in [0.2, 0.25) is 0 Å². The highest BCUT2D eigenvalue weighted by molar-refractivity contribution is 5.89. The minimum Gasteiger partial charge on any atom is -0.497 e. The molecule has 0 atom stereocenters. The van der Waals surface area contributed by atoms with Gasteiger partial charge in [0.1, 0.15) is 5.75 Å². The van der Waals surface area contributed by atoms with Gasteiger partial charge in [0.05, 0.1) is 13.5 Å². The highest BCUT2D eigenvalue weighted by Crippen LogP contribution is 2.32. The lowest BCUT2D eigenvalue weighted by molar-refractivity contribution is -0.120. The molecule has 1 amide bonds. The fraction of sp³-hybridized carbons (Fsp3) is 0.571. The number of hydrogen-bond donors (Lipinski definition) is 2. The van der Waals surface area contributed by atoms with E-state index in [9.17, 15) is 4.79 Å². The average molecular weight is 342 g/mol. The van der Waals surface area contributed by atoms with Crippen molar-refractivity contribution in [1.82, 2.24) is 10.3 Å². The Morgan fingerprint density at radius 1 is 1.28 bits per heavy atom. The van der Waals surface area contributed by atoms with E-state index in [1.54, 1.807) is 7.11 Å². The van der Waals surface area contributed by atoms with E-state index >= 15 is 0 Å². The van der Waals surface area contributed by atoms with Gasteiger partial charge in [-0.1, -0.05) is 13.8 Å². The Balaban J connectivity index is 1.52. The average Bonchev–Trinajstić information content (AvgIpc) is 3.02. The minimum absolute atomic E-state index is 0.106. The summed E-state index contributed by atoms with van der Waals surface area (Å²) < 4.78 is 5.29. The maximum absolute atomic E-state index is 12.4. The Morgan fingerprint density at radius 2 is 2.04 bits per heavy atom. The maximum Gasteiger partial charge on any atom is 0.224 e. The second-order valence-electron chi connectivity index (χ2n) is 7.73. The van der Waals surface area contributed by atoms with Crippen LogP contribution in [0.1, 0.15) is 45.1 Å². The standard InChI is InChI=1S/C21H30N2O2/c1-14(2)16-6-4-15(5-7-16)12-23-21(24)10-17-13-22-20-9-8-18(25-3)11-19(17)20/h8-9,11,13-16,22H,4-7,10,12H2,1-3H3,(H,23,24). The normalized spacial score (nSPS) is 20.8. The molecule has 136 valence electrons. The molecule has 1 aromatic carbocycles. The Bertz CT molecular complexity index is 712. The lowest BCUT2D eigenvalue weighted by Crippen LogP contribution is -2.32. The molecule has 1 aliphatic carbocycles. The molecule has 0 saturated heterocycles. The number of amides is 1. The van der Waals surface area contributed by atoms with E-state index < -0.39 is 0 Å². The number of rotatable bonds is 6. The molecule has 3 rings (SSSR count). The van der Waals surface area contributed by atoms with Crippen molar-refractivity contribution in [2.45, 2.75) is 46.0 Å². The third-order valence-corrected chi connectivity index (χ3v) is 5.75. The number of H-pyrrole nitrogens is 1. The zero-order chi connectivity index (χ0) is 17.8. The molecule has 1 aliphatic rings. The monoisotopic (exact) mass is 342 g/mol. The van der Waals surface area contributed by atoms with Crippen molar-refractivity contribution in [3.05, 3.63) is 30.0 Å². The van der Waals surface area contributed by atoms with E-state index in [-0.39, 0.29) is 5.91 Å². The smallest absolute Gasteiger partial charge is 0.224 e. The number of aromatic nitrogens is 1. The molecule has 2 N–H and O–H groups in total. The van der Waals surface area contributed by atoms with Crippen molar-refractivity contribution in [3.63, 3.8) is 0 Å². The topological polar surface area (TPSA) is 54.1 Å². The molecule has 1 aromatic heterocycles. The maximum atomic E-state index is 12.4. The van der Waals surface area contributed by atoms with Crippen LogP contribution in [0.5, 0.6) is 5.75 Å². The second-order valence-corrected chi connectivity index (χ2v) is 7.73. The molecule has 2 aromatic rings. The second kappa shape index (κ2) is 7.94. The zero-order valence-electron chi connectivity index (χ0n) is 15.6.